The van der Waals surface area contributed by atoms with Gasteiger partial charge < -0.3 is 10.3 Å². The fraction of sp³-hybridized carbons (Fsp3) is 0.500. The molecule has 0 aliphatic rings. The van der Waals surface area contributed by atoms with Crippen LogP contribution in [-0.4, -0.2) is 24.5 Å². The molecule has 0 aromatic carbocycles. The van der Waals surface area contributed by atoms with Crippen LogP contribution in [0.3, 0.4) is 0 Å². The summed E-state index contributed by atoms with van der Waals surface area (Å²) in [4.78, 5) is 4.28. The molecule has 1 atom stereocenters. The molecule has 0 aliphatic carbocycles. The Kier molecular flexibility index (Phi) is 3.00. The van der Waals surface area contributed by atoms with E-state index in [0.29, 0.717) is 6.54 Å². The topological polar surface area (TPSA) is 74.5 Å². The van der Waals surface area contributed by atoms with Crippen LogP contribution >= 0.6 is 0 Å². The third-order valence-electron chi connectivity index (χ3n) is 2.47. The van der Waals surface area contributed by atoms with Crippen molar-refractivity contribution in [2.24, 2.45) is 5.73 Å². The highest BCUT2D eigenvalue weighted by Gasteiger charge is 2.07. The number of hydrogen-bond donors (Lipinski definition) is 1. The monoisotopic (exact) mass is 220 g/mol. The minimum absolute atomic E-state index is 0.0836. The number of hydrogen-bond acceptors (Lipinski definition) is 4. The normalized spacial score (nSPS) is 12.9. The van der Waals surface area contributed by atoms with Gasteiger partial charge >= 0.3 is 0 Å². The molecule has 0 bridgehead atoms. The van der Waals surface area contributed by atoms with E-state index in [1.807, 2.05) is 19.3 Å². The van der Waals surface area contributed by atoms with Gasteiger partial charge in [0.15, 0.2) is 0 Å². The van der Waals surface area contributed by atoms with Gasteiger partial charge in [-0.2, -0.15) is 0 Å². The number of nitrogens with two attached hydrogens (primary N) is 1. The van der Waals surface area contributed by atoms with Crippen LogP contribution in [0.5, 0.6) is 0 Å². The Labute approximate surface area is 94.1 Å². The van der Waals surface area contributed by atoms with E-state index in [2.05, 4.69) is 26.8 Å². The van der Waals surface area contributed by atoms with Gasteiger partial charge in [-0.05, 0) is 13.8 Å². The third-order valence-corrected chi connectivity index (χ3v) is 2.47. The molecule has 16 heavy (non-hydrogen) atoms. The molecule has 1 unspecified atom stereocenters. The van der Waals surface area contributed by atoms with Crippen LogP contribution in [0.1, 0.15) is 31.4 Å². The van der Waals surface area contributed by atoms with Gasteiger partial charge in [0, 0.05) is 25.0 Å². The Morgan fingerprint density at radius 2 is 2.31 bits per heavy atom. The van der Waals surface area contributed by atoms with Crippen molar-refractivity contribution in [3.05, 3.63) is 30.1 Å². The molecular weight excluding hydrogens is 204 g/mol. The summed E-state index contributed by atoms with van der Waals surface area (Å²) >= 11 is 0. The summed E-state index contributed by atoms with van der Waals surface area (Å²) in [7, 11) is 0. The fourth-order valence-electron chi connectivity index (χ4n) is 1.52. The Balaban J connectivity index is 2.14. The van der Waals surface area contributed by atoms with Crippen molar-refractivity contribution in [2.45, 2.75) is 33.0 Å². The van der Waals surface area contributed by atoms with Crippen molar-refractivity contribution in [2.75, 3.05) is 0 Å². The molecule has 0 saturated heterocycles. The molecule has 0 radical (unpaired) electrons. The predicted molar refractivity (Wildman–Crippen MR) is 59.6 cm³/mol. The second-order valence-corrected chi connectivity index (χ2v) is 3.76. The second kappa shape index (κ2) is 4.44. The SMILES string of the molecule is CCn1ccnc1Cn1cc(C(C)N)nn1. The number of aryl methyl sites for hydroxylation is 1. The van der Waals surface area contributed by atoms with Crippen molar-refractivity contribution in [1.29, 1.82) is 0 Å². The molecule has 2 aromatic heterocycles. The molecule has 2 heterocycles. The highest BCUT2D eigenvalue weighted by atomic mass is 15.4. The zero-order valence-electron chi connectivity index (χ0n) is 9.54. The van der Waals surface area contributed by atoms with E-state index in [4.69, 9.17) is 5.73 Å². The Hall–Kier alpha value is -1.69. The quantitative estimate of drug-likeness (QED) is 0.817. The second-order valence-electron chi connectivity index (χ2n) is 3.76. The number of aromatic nitrogens is 5. The highest BCUT2D eigenvalue weighted by molar-refractivity contribution is 5.00. The lowest BCUT2D eigenvalue weighted by atomic mass is 10.3. The van der Waals surface area contributed by atoms with Crippen molar-refractivity contribution in [1.82, 2.24) is 24.5 Å². The minimum Gasteiger partial charge on any atom is -0.334 e. The first kappa shape index (κ1) is 10.8. The van der Waals surface area contributed by atoms with Crippen molar-refractivity contribution < 1.29 is 0 Å². The minimum atomic E-state index is -0.0836. The largest absolute Gasteiger partial charge is 0.334 e. The summed E-state index contributed by atoms with van der Waals surface area (Å²) in [6, 6.07) is -0.0836. The summed E-state index contributed by atoms with van der Waals surface area (Å²) in [5.41, 5.74) is 6.52. The van der Waals surface area contributed by atoms with Gasteiger partial charge in [0.1, 0.15) is 12.4 Å². The van der Waals surface area contributed by atoms with Crippen LogP contribution in [0.25, 0.3) is 0 Å². The Morgan fingerprint density at radius 3 is 2.94 bits per heavy atom. The molecule has 0 saturated carbocycles. The molecule has 2 aromatic rings. The maximum Gasteiger partial charge on any atom is 0.130 e. The smallest absolute Gasteiger partial charge is 0.130 e. The van der Waals surface area contributed by atoms with E-state index in [-0.39, 0.29) is 6.04 Å². The first-order valence-corrected chi connectivity index (χ1v) is 5.36. The summed E-state index contributed by atoms with van der Waals surface area (Å²) in [5.74, 6) is 0.976. The van der Waals surface area contributed by atoms with E-state index in [1.54, 1.807) is 10.9 Å². The fourth-order valence-corrected chi connectivity index (χ4v) is 1.52. The maximum absolute atomic E-state index is 5.72. The summed E-state index contributed by atoms with van der Waals surface area (Å²) in [5, 5.41) is 8.02. The molecule has 2 N–H and O–H groups in total. The van der Waals surface area contributed by atoms with Crippen molar-refractivity contribution in [3.63, 3.8) is 0 Å². The molecule has 0 spiro atoms. The lowest BCUT2D eigenvalue weighted by Gasteiger charge is -2.03. The third kappa shape index (κ3) is 2.11. The first-order valence-electron chi connectivity index (χ1n) is 5.36. The van der Waals surface area contributed by atoms with E-state index in [9.17, 15) is 0 Å². The molecular formula is C10H16N6. The number of rotatable bonds is 4. The van der Waals surface area contributed by atoms with E-state index in [0.717, 1.165) is 18.1 Å². The van der Waals surface area contributed by atoms with Crippen LogP contribution in [0.15, 0.2) is 18.6 Å². The highest BCUT2D eigenvalue weighted by Crippen LogP contribution is 2.05. The zero-order chi connectivity index (χ0) is 11.5. The molecule has 2 rings (SSSR count). The van der Waals surface area contributed by atoms with Gasteiger partial charge in [-0.15, -0.1) is 5.10 Å². The van der Waals surface area contributed by atoms with Gasteiger partial charge in [-0.1, -0.05) is 5.21 Å². The van der Waals surface area contributed by atoms with Gasteiger partial charge in [0.2, 0.25) is 0 Å². The first-order chi connectivity index (χ1) is 7.70. The number of imidazole rings is 1. The maximum atomic E-state index is 5.72. The molecule has 0 aliphatic heterocycles. The summed E-state index contributed by atoms with van der Waals surface area (Å²) in [6.07, 6.45) is 5.61. The Bertz CT molecular complexity index is 455. The van der Waals surface area contributed by atoms with Gasteiger partial charge in [-0.25, -0.2) is 9.67 Å². The Morgan fingerprint density at radius 1 is 1.50 bits per heavy atom. The number of nitrogens with zero attached hydrogens (tertiary/aromatic N) is 5. The summed E-state index contributed by atoms with van der Waals surface area (Å²) in [6.45, 7) is 5.51. The van der Waals surface area contributed by atoms with Crippen molar-refractivity contribution in [3.8, 4) is 0 Å². The molecule has 86 valence electrons. The molecule has 6 nitrogen and oxygen atoms in total. The molecule has 0 fully saturated rings. The van der Waals surface area contributed by atoms with Crippen LogP contribution in [0.4, 0.5) is 0 Å². The van der Waals surface area contributed by atoms with E-state index < -0.39 is 0 Å². The van der Waals surface area contributed by atoms with Crippen LogP contribution in [0.2, 0.25) is 0 Å². The molecule has 6 heteroatoms. The standard InChI is InChI=1S/C10H16N6/c1-3-15-5-4-12-10(15)7-16-6-9(8(2)11)13-14-16/h4-6,8H,3,7,11H2,1-2H3. The average molecular weight is 220 g/mol. The van der Waals surface area contributed by atoms with Gasteiger partial charge in [0.25, 0.3) is 0 Å². The van der Waals surface area contributed by atoms with Crippen molar-refractivity contribution >= 4 is 0 Å². The van der Waals surface area contributed by atoms with Crippen LogP contribution in [-0.2, 0) is 13.1 Å². The predicted octanol–water partition coefficient (Wildman–Crippen LogP) is 0.562. The zero-order valence-corrected chi connectivity index (χ0v) is 9.54. The molecule has 0 amide bonds. The lowest BCUT2D eigenvalue weighted by Crippen LogP contribution is -2.08. The van der Waals surface area contributed by atoms with Crippen LogP contribution < -0.4 is 5.73 Å². The van der Waals surface area contributed by atoms with Gasteiger partial charge in [0.05, 0.1) is 11.9 Å². The van der Waals surface area contributed by atoms with Crippen LogP contribution in [0, 0.1) is 0 Å². The lowest BCUT2D eigenvalue weighted by molar-refractivity contribution is 0.588. The van der Waals surface area contributed by atoms with Gasteiger partial charge in [-0.3, -0.25) is 0 Å². The van der Waals surface area contributed by atoms with E-state index >= 15 is 0 Å². The summed E-state index contributed by atoms with van der Waals surface area (Å²) < 4.78 is 3.83. The van der Waals surface area contributed by atoms with E-state index in [1.165, 1.54) is 0 Å². The average Bonchev–Trinajstić information content (AvgIpc) is 2.87.